The molecule has 0 spiro atoms. The zero-order chi connectivity index (χ0) is 27.2. The number of nitrogens with one attached hydrogen (secondary N) is 1. The highest BCUT2D eigenvalue weighted by atomic mass is 32.3. The molecule has 2 aliphatic heterocycles. The van der Waals surface area contributed by atoms with E-state index in [1.165, 1.54) is 4.90 Å². The third kappa shape index (κ3) is 5.29. The Labute approximate surface area is 224 Å². The SMILES string of the molecule is Cc1ccc2nc(N3CCS(O)(O)c4ccccc4C3)cc(NC(=O)C3CCN3C(=O)OC(C)(C)C)c2c1. The second-order valence-electron chi connectivity index (χ2n) is 10.9. The number of carbonyl (C=O) groups is 2. The third-order valence-corrected chi connectivity index (χ3v) is 8.67. The predicted octanol–water partition coefficient (Wildman–Crippen LogP) is 5.62. The maximum Gasteiger partial charge on any atom is 0.410 e. The van der Waals surface area contributed by atoms with E-state index in [2.05, 4.69) is 5.32 Å². The Kier molecular flexibility index (Phi) is 6.75. The van der Waals surface area contributed by atoms with Crippen molar-refractivity contribution in [1.29, 1.82) is 0 Å². The number of ether oxygens (including phenoxy) is 1. The number of aryl methyl sites for hydroxylation is 1. The molecule has 3 heterocycles. The number of benzene rings is 2. The number of pyridine rings is 1. The first-order valence-corrected chi connectivity index (χ1v) is 14.4. The van der Waals surface area contributed by atoms with Crippen molar-refractivity contribution in [2.24, 2.45) is 0 Å². The lowest BCUT2D eigenvalue weighted by Crippen LogP contribution is -2.57. The molecule has 0 saturated carbocycles. The monoisotopic (exact) mass is 538 g/mol. The normalized spacial score (nSPS) is 19.7. The lowest BCUT2D eigenvalue weighted by Gasteiger charge is -2.40. The van der Waals surface area contributed by atoms with Gasteiger partial charge in [0.15, 0.2) is 0 Å². The van der Waals surface area contributed by atoms with E-state index in [1.807, 2.05) is 54.3 Å². The number of likely N-dealkylation sites (tertiary alicyclic amines) is 1. The molecule has 202 valence electrons. The first-order chi connectivity index (χ1) is 17.9. The van der Waals surface area contributed by atoms with Crippen molar-refractivity contribution < 1.29 is 23.4 Å². The average molecular weight is 539 g/mol. The van der Waals surface area contributed by atoms with Gasteiger partial charge in [0, 0.05) is 31.1 Å². The number of nitrogens with zero attached hydrogens (tertiary/aromatic N) is 3. The Morgan fingerprint density at radius 2 is 1.87 bits per heavy atom. The minimum atomic E-state index is -2.92. The van der Waals surface area contributed by atoms with Gasteiger partial charge in [-0.3, -0.25) is 18.8 Å². The lowest BCUT2D eigenvalue weighted by atomic mass is 10.0. The van der Waals surface area contributed by atoms with E-state index in [0.717, 1.165) is 16.5 Å². The zero-order valence-electron chi connectivity index (χ0n) is 22.1. The highest BCUT2D eigenvalue weighted by Crippen LogP contribution is 2.51. The Morgan fingerprint density at radius 3 is 2.58 bits per heavy atom. The van der Waals surface area contributed by atoms with Crippen LogP contribution in [0, 0.1) is 6.92 Å². The van der Waals surface area contributed by atoms with Crippen molar-refractivity contribution in [2.45, 2.75) is 57.2 Å². The van der Waals surface area contributed by atoms with E-state index in [4.69, 9.17) is 9.72 Å². The first kappa shape index (κ1) is 26.3. The Bertz CT molecular complexity index is 1400. The third-order valence-electron chi connectivity index (χ3n) is 6.81. The minimum absolute atomic E-state index is 0.187. The molecule has 9 nitrogen and oxygen atoms in total. The Hall–Kier alpha value is -3.34. The van der Waals surface area contributed by atoms with Crippen LogP contribution >= 0.6 is 10.6 Å². The fourth-order valence-corrected chi connectivity index (χ4v) is 6.33. The summed E-state index contributed by atoms with van der Waals surface area (Å²) in [5, 5.41) is 3.84. The highest BCUT2D eigenvalue weighted by Gasteiger charge is 2.40. The van der Waals surface area contributed by atoms with Gasteiger partial charge in [-0.05, 0) is 57.9 Å². The highest BCUT2D eigenvalue weighted by molar-refractivity contribution is 8.24. The lowest BCUT2D eigenvalue weighted by molar-refractivity contribution is -0.125. The van der Waals surface area contributed by atoms with Crippen LogP contribution in [-0.2, 0) is 16.1 Å². The van der Waals surface area contributed by atoms with Gasteiger partial charge in [0.05, 0.1) is 21.9 Å². The molecule has 2 aromatic carbocycles. The molecular formula is C28H34N4O5S. The molecule has 38 heavy (non-hydrogen) atoms. The van der Waals surface area contributed by atoms with Gasteiger partial charge in [-0.15, -0.1) is 0 Å². The van der Waals surface area contributed by atoms with E-state index in [9.17, 15) is 18.7 Å². The van der Waals surface area contributed by atoms with Crippen LogP contribution in [0.2, 0.25) is 0 Å². The topological polar surface area (TPSA) is 115 Å². The molecular weight excluding hydrogens is 504 g/mol. The molecule has 2 amide bonds. The molecule has 10 heteroatoms. The molecule has 1 fully saturated rings. The minimum Gasteiger partial charge on any atom is -0.444 e. The maximum absolute atomic E-state index is 13.3. The van der Waals surface area contributed by atoms with Crippen molar-refractivity contribution in [1.82, 2.24) is 9.88 Å². The number of amides is 2. The van der Waals surface area contributed by atoms with Crippen molar-refractivity contribution in [3.63, 3.8) is 0 Å². The summed E-state index contributed by atoms with van der Waals surface area (Å²) in [5.74, 6) is 0.533. The molecule has 5 rings (SSSR count). The molecule has 1 saturated heterocycles. The van der Waals surface area contributed by atoms with Crippen LogP contribution in [0.3, 0.4) is 0 Å². The molecule has 3 N–H and O–H groups in total. The van der Waals surface area contributed by atoms with Crippen LogP contribution in [0.4, 0.5) is 16.3 Å². The molecule has 1 atom stereocenters. The number of anilines is 2. The van der Waals surface area contributed by atoms with E-state index in [-0.39, 0.29) is 11.7 Å². The number of hydrogen-bond donors (Lipinski definition) is 3. The van der Waals surface area contributed by atoms with Gasteiger partial charge >= 0.3 is 6.09 Å². The van der Waals surface area contributed by atoms with Crippen LogP contribution in [-0.4, -0.2) is 61.5 Å². The fraction of sp³-hybridized carbons (Fsp3) is 0.393. The van der Waals surface area contributed by atoms with Crippen molar-refractivity contribution >= 4 is 45.0 Å². The summed E-state index contributed by atoms with van der Waals surface area (Å²) in [6.45, 7) is 8.69. The van der Waals surface area contributed by atoms with Crippen molar-refractivity contribution in [3.05, 3.63) is 59.7 Å². The van der Waals surface area contributed by atoms with E-state index < -0.39 is 28.3 Å². The molecule has 3 aromatic rings. The Balaban J connectivity index is 1.45. The van der Waals surface area contributed by atoms with Crippen molar-refractivity contribution in [2.75, 3.05) is 29.1 Å². The maximum atomic E-state index is 13.3. The number of carbonyl (C=O) groups excluding carboxylic acids is 2. The van der Waals surface area contributed by atoms with Crippen LogP contribution in [0.25, 0.3) is 10.9 Å². The summed E-state index contributed by atoms with van der Waals surface area (Å²) in [4.78, 5) is 34.8. The summed E-state index contributed by atoms with van der Waals surface area (Å²) >= 11 is 0. The van der Waals surface area contributed by atoms with Crippen LogP contribution in [0.1, 0.15) is 38.3 Å². The number of rotatable bonds is 3. The average Bonchev–Trinajstić information content (AvgIpc) is 2.93. The van der Waals surface area contributed by atoms with Crippen LogP contribution in [0.5, 0.6) is 0 Å². The van der Waals surface area contributed by atoms with Gasteiger partial charge < -0.3 is 15.0 Å². The summed E-state index contributed by atoms with van der Waals surface area (Å²) in [7, 11) is -2.92. The molecule has 1 unspecified atom stereocenters. The predicted molar refractivity (Wildman–Crippen MR) is 150 cm³/mol. The fourth-order valence-electron chi connectivity index (χ4n) is 4.79. The summed E-state index contributed by atoms with van der Waals surface area (Å²) < 4.78 is 27.0. The number of fused-ring (bicyclic) bond motifs is 2. The van der Waals surface area contributed by atoms with Gasteiger partial charge in [0.1, 0.15) is 17.5 Å². The van der Waals surface area contributed by atoms with E-state index >= 15 is 0 Å². The molecule has 0 aliphatic carbocycles. The standard InChI is InChI=1S/C28H34N4O5S/c1-18-9-10-21-20(15-18)22(30-26(33)23-11-12-32(23)27(34)37-28(2,3)4)16-25(29-21)31-13-14-38(35,36)24-8-6-5-7-19(24)17-31/h5-10,15-16,23,35-36H,11-14,17H2,1-4H3,(H,29,30,33). The molecule has 1 aromatic heterocycles. The molecule has 0 bridgehead atoms. The molecule has 0 radical (unpaired) electrons. The van der Waals surface area contributed by atoms with Gasteiger partial charge in [-0.25, -0.2) is 9.78 Å². The van der Waals surface area contributed by atoms with Crippen LogP contribution < -0.4 is 10.2 Å². The van der Waals surface area contributed by atoms with Gasteiger partial charge in [-0.2, -0.15) is 10.6 Å². The smallest absolute Gasteiger partial charge is 0.410 e. The summed E-state index contributed by atoms with van der Waals surface area (Å²) in [5.41, 5.74) is 2.53. The first-order valence-electron chi connectivity index (χ1n) is 12.7. The van der Waals surface area contributed by atoms with Crippen molar-refractivity contribution in [3.8, 4) is 0 Å². The largest absolute Gasteiger partial charge is 0.444 e. The van der Waals surface area contributed by atoms with Crippen LogP contribution in [0.15, 0.2) is 53.4 Å². The van der Waals surface area contributed by atoms with Gasteiger partial charge in [0.25, 0.3) is 0 Å². The summed E-state index contributed by atoms with van der Waals surface area (Å²) in [6.07, 6.45) is 0.0584. The quantitative estimate of drug-likeness (QED) is 0.396. The summed E-state index contributed by atoms with van der Waals surface area (Å²) in [6, 6.07) is 14.4. The second kappa shape index (κ2) is 9.76. The van der Waals surface area contributed by atoms with E-state index in [1.54, 1.807) is 26.8 Å². The van der Waals surface area contributed by atoms with E-state index in [0.29, 0.717) is 48.0 Å². The molecule has 2 aliphatic rings. The van der Waals surface area contributed by atoms with Gasteiger partial charge in [0.2, 0.25) is 5.91 Å². The number of hydrogen-bond acceptors (Lipinski definition) is 7. The zero-order valence-corrected chi connectivity index (χ0v) is 22.9. The Morgan fingerprint density at radius 1 is 1.11 bits per heavy atom. The number of aromatic nitrogens is 1. The second-order valence-corrected chi connectivity index (χ2v) is 13.1. The van der Waals surface area contributed by atoms with Gasteiger partial charge in [-0.1, -0.05) is 29.8 Å².